The highest BCUT2D eigenvalue weighted by atomic mass is 32.2. The van der Waals surface area contributed by atoms with Crippen LogP contribution in [0.5, 0.6) is 0 Å². The number of aromatic nitrogens is 1. The lowest BCUT2D eigenvalue weighted by Crippen LogP contribution is -2.31. The van der Waals surface area contributed by atoms with Crippen LogP contribution in [0.25, 0.3) is 22.0 Å². The molecule has 3 aromatic rings. The number of thiophene rings is 1. The van der Waals surface area contributed by atoms with Crippen molar-refractivity contribution in [2.24, 2.45) is 11.5 Å². The van der Waals surface area contributed by atoms with Crippen LogP contribution in [-0.4, -0.2) is 54.5 Å². The lowest BCUT2D eigenvalue weighted by atomic mass is 10.0. The third-order valence-electron chi connectivity index (χ3n) is 4.51. The van der Waals surface area contributed by atoms with Crippen molar-refractivity contribution in [1.29, 1.82) is 0 Å². The fourth-order valence-corrected chi connectivity index (χ4v) is 5.71. The SMILES string of the molecule is NC(Cc1cc2ccc(-c3ccsc3CC(N)CS(=O)(=O)O)cc2[nH]1)CS(=O)(=O)O. The van der Waals surface area contributed by atoms with Crippen LogP contribution in [0, 0.1) is 0 Å². The summed E-state index contributed by atoms with van der Waals surface area (Å²) in [5, 5.41) is 2.82. The molecule has 12 heteroatoms. The molecule has 7 N–H and O–H groups in total. The van der Waals surface area contributed by atoms with Gasteiger partial charge in [-0.3, -0.25) is 9.11 Å². The first-order chi connectivity index (χ1) is 13.9. The summed E-state index contributed by atoms with van der Waals surface area (Å²) in [4.78, 5) is 4.13. The lowest BCUT2D eigenvalue weighted by molar-refractivity contribution is 0.474. The molecule has 1 aromatic carbocycles. The molecule has 0 fully saturated rings. The van der Waals surface area contributed by atoms with E-state index >= 15 is 0 Å². The van der Waals surface area contributed by atoms with Crippen LogP contribution in [0.1, 0.15) is 10.6 Å². The smallest absolute Gasteiger partial charge is 0.266 e. The van der Waals surface area contributed by atoms with Gasteiger partial charge >= 0.3 is 0 Å². The largest absolute Gasteiger partial charge is 0.358 e. The zero-order valence-corrected chi connectivity index (χ0v) is 18.3. The highest BCUT2D eigenvalue weighted by Gasteiger charge is 2.18. The van der Waals surface area contributed by atoms with Gasteiger partial charge in [0.2, 0.25) is 0 Å². The van der Waals surface area contributed by atoms with Crippen molar-refractivity contribution in [2.45, 2.75) is 24.9 Å². The van der Waals surface area contributed by atoms with Crippen LogP contribution in [-0.2, 0) is 33.1 Å². The average molecular weight is 474 g/mol. The number of hydrogen-bond donors (Lipinski definition) is 5. The van der Waals surface area contributed by atoms with Gasteiger partial charge < -0.3 is 16.5 Å². The topological polar surface area (TPSA) is 177 Å². The first kappa shape index (κ1) is 22.9. The second kappa shape index (κ2) is 8.75. The van der Waals surface area contributed by atoms with Crippen molar-refractivity contribution in [3.8, 4) is 11.1 Å². The molecule has 9 nitrogen and oxygen atoms in total. The molecule has 0 aliphatic carbocycles. The number of rotatable bonds is 9. The van der Waals surface area contributed by atoms with E-state index in [1.165, 1.54) is 11.3 Å². The summed E-state index contributed by atoms with van der Waals surface area (Å²) in [6, 6.07) is 8.12. The fraction of sp³-hybridized carbons (Fsp3) is 0.333. The highest BCUT2D eigenvalue weighted by molar-refractivity contribution is 7.86. The van der Waals surface area contributed by atoms with Crippen molar-refractivity contribution in [1.82, 2.24) is 4.98 Å². The van der Waals surface area contributed by atoms with Crippen molar-refractivity contribution < 1.29 is 25.9 Å². The van der Waals surface area contributed by atoms with Crippen LogP contribution in [0.2, 0.25) is 0 Å². The Morgan fingerprint density at radius 3 is 2.20 bits per heavy atom. The molecular formula is C18H23N3O6S3. The summed E-state index contributed by atoms with van der Waals surface area (Å²) in [5.74, 6) is -1.02. The Bertz CT molecular complexity index is 1250. The fourth-order valence-electron chi connectivity index (χ4n) is 3.40. The van der Waals surface area contributed by atoms with Gasteiger partial charge in [-0.15, -0.1) is 11.3 Å². The second-order valence-electron chi connectivity index (χ2n) is 7.28. The maximum atomic E-state index is 11.0. The summed E-state index contributed by atoms with van der Waals surface area (Å²) >= 11 is 1.46. The van der Waals surface area contributed by atoms with E-state index in [1.807, 2.05) is 35.7 Å². The van der Waals surface area contributed by atoms with E-state index in [9.17, 15) is 16.8 Å². The van der Waals surface area contributed by atoms with E-state index in [4.69, 9.17) is 20.6 Å². The molecule has 0 amide bonds. The lowest BCUT2D eigenvalue weighted by Gasteiger charge is -2.10. The number of aromatic amines is 1. The number of benzene rings is 1. The quantitative estimate of drug-likeness (QED) is 0.290. The molecule has 0 saturated carbocycles. The molecule has 2 aromatic heterocycles. The Morgan fingerprint density at radius 1 is 0.933 bits per heavy atom. The maximum Gasteiger partial charge on any atom is 0.266 e. The number of H-pyrrole nitrogens is 1. The highest BCUT2D eigenvalue weighted by Crippen LogP contribution is 2.31. The van der Waals surface area contributed by atoms with Crippen molar-refractivity contribution >= 4 is 42.5 Å². The van der Waals surface area contributed by atoms with Gasteiger partial charge in [0.15, 0.2) is 0 Å². The van der Waals surface area contributed by atoms with E-state index < -0.39 is 43.8 Å². The van der Waals surface area contributed by atoms with Crippen molar-refractivity contribution in [2.75, 3.05) is 11.5 Å². The molecular weight excluding hydrogens is 450 g/mol. The minimum absolute atomic E-state index is 0.262. The van der Waals surface area contributed by atoms with E-state index in [2.05, 4.69) is 4.98 Å². The van der Waals surface area contributed by atoms with E-state index in [0.29, 0.717) is 6.42 Å². The molecule has 0 radical (unpaired) electrons. The van der Waals surface area contributed by atoms with Gasteiger partial charge in [0.1, 0.15) is 0 Å². The third-order valence-corrected chi connectivity index (χ3v) is 7.16. The summed E-state index contributed by atoms with van der Waals surface area (Å²) in [5.41, 5.74) is 15.1. The van der Waals surface area contributed by atoms with Gasteiger partial charge in [0.25, 0.3) is 20.2 Å². The van der Waals surface area contributed by atoms with Crippen molar-refractivity contribution in [3.05, 3.63) is 46.3 Å². The second-order valence-corrected chi connectivity index (χ2v) is 11.3. The van der Waals surface area contributed by atoms with Crippen LogP contribution in [0.15, 0.2) is 35.7 Å². The van der Waals surface area contributed by atoms with Gasteiger partial charge in [0, 0.05) is 34.6 Å². The molecule has 0 saturated heterocycles. The first-order valence-corrected chi connectivity index (χ1v) is 13.1. The minimum Gasteiger partial charge on any atom is -0.358 e. The van der Waals surface area contributed by atoms with E-state index in [1.54, 1.807) is 0 Å². The van der Waals surface area contributed by atoms with E-state index in [-0.39, 0.29) is 6.42 Å². The summed E-state index contributed by atoms with van der Waals surface area (Å²) in [6.45, 7) is 0. The molecule has 0 spiro atoms. The normalized spacial score (nSPS) is 14.8. The summed E-state index contributed by atoms with van der Waals surface area (Å²) in [6.07, 6.45) is 0.573. The molecule has 2 atom stereocenters. The maximum absolute atomic E-state index is 11.0. The van der Waals surface area contributed by atoms with E-state index in [0.717, 1.165) is 32.6 Å². The zero-order chi connectivity index (χ0) is 22.1. The Balaban J connectivity index is 1.81. The Morgan fingerprint density at radius 2 is 1.57 bits per heavy atom. The molecule has 2 heterocycles. The first-order valence-electron chi connectivity index (χ1n) is 8.99. The third kappa shape index (κ3) is 6.35. The van der Waals surface area contributed by atoms with Gasteiger partial charge in [0.05, 0.1) is 11.5 Å². The molecule has 2 unspecified atom stereocenters. The molecule has 0 aliphatic rings. The Labute approximate surface area is 178 Å². The van der Waals surface area contributed by atoms with Gasteiger partial charge in [-0.2, -0.15) is 16.8 Å². The molecule has 0 bridgehead atoms. The molecule has 3 rings (SSSR count). The number of hydrogen-bond acceptors (Lipinski definition) is 7. The molecule has 30 heavy (non-hydrogen) atoms. The van der Waals surface area contributed by atoms with Gasteiger partial charge in [-0.25, -0.2) is 0 Å². The number of nitrogens with two attached hydrogens (primary N) is 2. The van der Waals surface area contributed by atoms with Crippen molar-refractivity contribution in [3.63, 3.8) is 0 Å². The molecule has 164 valence electrons. The van der Waals surface area contributed by atoms with Crippen LogP contribution < -0.4 is 11.5 Å². The Hall–Kier alpha value is -1.80. The van der Waals surface area contributed by atoms with Crippen LogP contribution in [0.3, 0.4) is 0 Å². The standard InChI is InChI=1S/C18H23N3O6S3/c19-13(9-29(22,23)24)7-15-5-12-2-1-11(6-17(12)21-15)16-3-4-28-18(16)8-14(20)10-30(25,26)27/h1-6,13-14,21H,7-10,19-20H2,(H,22,23,24)(H,25,26,27). The predicted octanol–water partition coefficient (Wildman–Crippen LogP) is 1.41. The van der Waals surface area contributed by atoms with Gasteiger partial charge in [-0.05, 0) is 46.5 Å². The predicted molar refractivity (Wildman–Crippen MR) is 118 cm³/mol. The van der Waals surface area contributed by atoms with Crippen LogP contribution in [0.4, 0.5) is 0 Å². The number of fused-ring (bicyclic) bond motifs is 1. The summed E-state index contributed by atoms with van der Waals surface area (Å²) < 4.78 is 62.0. The number of nitrogens with one attached hydrogen (secondary N) is 1. The molecule has 0 aliphatic heterocycles. The zero-order valence-electron chi connectivity index (χ0n) is 15.9. The summed E-state index contributed by atoms with van der Waals surface area (Å²) in [7, 11) is -8.28. The average Bonchev–Trinajstić information content (AvgIpc) is 3.16. The van der Waals surface area contributed by atoms with Gasteiger partial charge in [-0.1, -0.05) is 12.1 Å². The monoisotopic (exact) mass is 473 g/mol. The van der Waals surface area contributed by atoms with Crippen LogP contribution >= 0.6 is 11.3 Å². The minimum atomic E-state index is -4.14. The Kier molecular flexibility index (Phi) is 6.67.